The molecule has 0 heterocycles. The van der Waals surface area contributed by atoms with Gasteiger partial charge in [0.1, 0.15) is 0 Å². The molecule has 0 fully saturated rings. The molecule has 0 spiro atoms. The molecule has 0 bridgehead atoms. The average molecular weight is 292 g/mol. The highest BCUT2D eigenvalue weighted by Crippen LogP contribution is 2.18. The molecule has 0 aromatic rings. The molecule has 0 aliphatic carbocycles. The van der Waals surface area contributed by atoms with Gasteiger partial charge in [0.2, 0.25) is 5.91 Å². The molecule has 1 amide bonds. The maximum absolute atomic E-state index is 12.3. The summed E-state index contributed by atoms with van der Waals surface area (Å²) in [6.45, 7) is 11.5. The van der Waals surface area contributed by atoms with Crippen LogP contribution in [0, 0.1) is 5.92 Å². The molecule has 2 nitrogen and oxygen atoms in total. The molecule has 0 radical (unpaired) electrons. The van der Waals surface area contributed by atoms with Crippen LogP contribution in [-0.2, 0) is 4.79 Å². The van der Waals surface area contributed by atoms with Crippen molar-refractivity contribution in [3.05, 3.63) is 0 Å². The summed E-state index contributed by atoms with van der Waals surface area (Å²) < 4.78 is 0. The first-order valence-electron chi connectivity index (χ1n) is 6.40. The molecule has 0 aromatic carbocycles. The predicted octanol–water partition coefficient (Wildman–Crippen LogP) is 3.83. The fourth-order valence-electron chi connectivity index (χ4n) is 1.54. The Morgan fingerprint density at radius 3 is 2.19 bits per heavy atom. The Balaban J connectivity index is 4.54. The number of rotatable bonds is 7. The number of carbonyl (C=O) groups excluding carboxylic acids is 1. The van der Waals surface area contributed by atoms with Crippen LogP contribution in [0.25, 0.3) is 0 Å². The molecule has 2 unspecified atom stereocenters. The summed E-state index contributed by atoms with van der Waals surface area (Å²) in [6.07, 6.45) is 3.25. The Kier molecular flexibility index (Phi) is 8.08. The highest BCUT2D eigenvalue weighted by Gasteiger charge is 2.26. The van der Waals surface area contributed by atoms with E-state index in [2.05, 4.69) is 50.5 Å². The topological polar surface area (TPSA) is 20.3 Å². The molecule has 3 heteroatoms. The molecule has 0 aliphatic heterocycles. The summed E-state index contributed by atoms with van der Waals surface area (Å²) in [6, 6.07) is 0.345. The summed E-state index contributed by atoms with van der Waals surface area (Å²) in [4.78, 5) is 14.3. The van der Waals surface area contributed by atoms with Gasteiger partial charge in [0.25, 0.3) is 0 Å². The van der Waals surface area contributed by atoms with Crippen molar-refractivity contribution in [3.63, 3.8) is 0 Å². The SMILES string of the molecule is CCCCN(C(=O)C(Br)C(C)C)C(C)CC. The average Bonchev–Trinajstić information content (AvgIpc) is 2.27. The molecule has 0 saturated carbocycles. The minimum Gasteiger partial charge on any atom is -0.339 e. The van der Waals surface area contributed by atoms with E-state index < -0.39 is 0 Å². The molecule has 0 saturated heterocycles. The Morgan fingerprint density at radius 1 is 1.25 bits per heavy atom. The Bertz CT molecular complexity index is 206. The van der Waals surface area contributed by atoms with E-state index in [4.69, 9.17) is 0 Å². The molecular weight excluding hydrogens is 266 g/mol. The Hall–Kier alpha value is -0.0500. The Morgan fingerprint density at radius 2 is 1.81 bits per heavy atom. The molecule has 0 N–H and O–H groups in total. The highest BCUT2D eigenvalue weighted by atomic mass is 79.9. The van der Waals surface area contributed by atoms with Gasteiger partial charge in [-0.25, -0.2) is 0 Å². The van der Waals surface area contributed by atoms with E-state index in [1.807, 2.05) is 4.90 Å². The normalized spacial score (nSPS) is 14.9. The number of amides is 1. The summed E-state index contributed by atoms with van der Waals surface area (Å²) in [5.41, 5.74) is 0. The van der Waals surface area contributed by atoms with Gasteiger partial charge in [-0.15, -0.1) is 0 Å². The lowest BCUT2D eigenvalue weighted by Gasteiger charge is -2.31. The zero-order valence-electron chi connectivity index (χ0n) is 11.3. The van der Waals surface area contributed by atoms with E-state index in [1.165, 1.54) is 0 Å². The number of unbranched alkanes of at least 4 members (excludes halogenated alkanes) is 1. The monoisotopic (exact) mass is 291 g/mol. The van der Waals surface area contributed by atoms with Gasteiger partial charge >= 0.3 is 0 Å². The molecule has 2 atom stereocenters. The molecule has 96 valence electrons. The second-order valence-corrected chi connectivity index (χ2v) is 5.77. The van der Waals surface area contributed by atoms with E-state index in [1.54, 1.807) is 0 Å². The van der Waals surface area contributed by atoms with Crippen LogP contribution in [0.3, 0.4) is 0 Å². The number of halogens is 1. The quantitative estimate of drug-likeness (QED) is 0.653. The van der Waals surface area contributed by atoms with E-state index in [9.17, 15) is 4.79 Å². The van der Waals surface area contributed by atoms with Crippen LogP contribution in [0.4, 0.5) is 0 Å². The van der Waals surface area contributed by atoms with E-state index in [0.717, 1.165) is 25.8 Å². The highest BCUT2D eigenvalue weighted by molar-refractivity contribution is 9.10. The van der Waals surface area contributed by atoms with E-state index in [0.29, 0.717) is 12.0 Å². The number of alkyl halides is 1. The van der Waals surface area contributed by atoms with Crippen LogP contribution in [0.2, 0.25) is 0 Å². The molecule has 0 aromatic heterocycles. The third kappa shape index (κ3) is 4.86. The maximum Gasteiger partial charge on any atom is 0.236 e. The number of carbonyl (C=O) groups is 1. The third-order valence-electron chi connectivity index (χ3n) is 2.98. The van der Waals surface area contributed by atoms with Gasteiger partial charge in [0.15, 0.2) is 0 Å². The second-order valence-electron chi connectivity index (χ2n) is 4.79. The first-order valence-corrected chi connectivity index (χ1v) is 7.31. The van der Waals surface area contributed by atoms with Crippen LogP contribution >= 0.6 is 15.9 Å². The number of nitrogens with zero attached hydrogens (tertiary/aromatic N) is 1. The minimum atomic E-state index is -0.0432. The molecule has 16 heavy (non-hydrogen) atoms. The summed E-state index contributed by atoms with van der Waals surface area (Å²) in [5.74, 6) is 0.596. The summed E-state index contributed by atoms with van der Waals surface area (Å²) in [7, 11) is 0. The van der Waals surface area contributed by atoms with Gasteiger partial charge in [-0.3, -0.25) is 4.79 Å². The molecular formula is C13H26BrNO. The van der Waals surface area contributed by atoms with E-state index in [-0.39, 0.29) is 10.7 Å². The summed E-state index contributed by atoms with van der Waals surface area (Å²) >= 11 is 3.51. The number of hydrogen-bond acceptors (Lipinski definition) is 1. The van der Waals surface area contributed by atoms with Crippen LogP contribution < -0.4 is 0 Å². The van der Waals surface area contributed by atoms with Gasteiger partial charge < -0.3 is 4.90 Å². The maximum atomic E-state index is 12.3. The van der Waals surface area contributed by atoms with Crippen molar-refractivity contribution in [2.45, 2.75) is 64.8 Å². The van der Waals surface area contributed by atoms with Crippen molar-refractivity contribution in [1.82, 2.24) is 4.90 Å². The van der Waals surface area contributed by atoms with Gasteiger partial charge in [0, 0.05) is 12.6 Å². The first kappa shape index (κ1) is 16.0. The number of hydrogen-bond donors (Lipinski definition) is 0. The van der Waals surface area contributed by atoms with Gasteiger partial charge in [0.05, 0.1) is 4.83 Å². The van der Waals surface area contributed by atoms with Crippen molar-refractivity contribution < 1.29 is 4.79 Å². The van der Waals surface area contributed by atoms with Crippen molar-refractivity contribution in [2.24, 2.45) is 5.92 Å². The zero-order chi connectivity index (χ0) is 12.7. The van der Waals surface area contributed by atoms with Gasteiger partial charge in [-0.1, -0.05) is 50.0 Å². The largest absolute Gasteiger partial charge is 0.339 e. The minimum absolute atomic E-state index is 0.0432. The van der Waals surface area contributed by atoms with Crippen molar-refractivity contribution in [1.29, 1.82) is 0 Å². The smallest absolute Gasteiger partial charge is 0.236 e. The first-order chi connectivity index (χ1) is 7.45. The third-order valence-corrected chi connectivity index (χ3v) is 4.43. The van der Waals surface area contributed by atoms with Crippen molar-refractivity contribution in [3.8, 4) is 0 Å². The van der Waals surface area contributed by atoms with Crippen LogP contribution in [0.15, 0.2) is 0 Å². The standard InChI is InChI=1S/C13H26BrNO/c1-6-8-9-15(11(5)7-2)13(16)12(14)10(3)4/h10-12H,6-9H2,1-5H3. The van der Waals surface area contributed by atoms with Crippen molar-refractivity contribution >= 4 is 21.8 Å². The van der Waals surface area contributed by atoms with Crippen LogP contribution in [0.5, 0.6) is 0 Å². The van der Waals surface area contributed by atoms with Crippen LogP contribution in [0.1, 0.15) is 53.9 Å². The lowest BCUT2D eigenvalue weighted by atomic mass is 10.1. The lowest BCUT2D eigenvalue weighted by Crippen LogP contribution is -2.44. The predicted molar refractivity (Wildman–Crippen MR) is 73.9 cm³/mol. The lowest BCUT2D eigenvalue weighted by molar-refractivity contribution is -0.133. The van der Waals surface area contributed by atoms with E-state index >= 15 is 0 Å². The van der Waals surface area contributed by atoms with Crippen molar-refractivity contribution in [2.75, 3.05) is 6.54 Å². The van der Waals surface area contributed by atoms with Gasteiger partial charge in [-0.2, -0.15) is 0 Å². The van der Waals surface area contributed by atoms with Gasteiger partial charge in [-0.05, 0) is 25.7 Å². The molecule has 0 rings (SSSR count). The summed E-state index contributed by atoms with van der Waals surface area (Å²) in [5, 5.41) is 0. The fourth-order valence-corrected chi connectivity index (χ4v) is 1.80. The van der Waals surface area contributed by atoms with Crippen LogP contribution in [-0.4, -0.2) is 28.2 Å². The zero-order valence-corrected chi connectivity index (χ0v) is 12.9. The fraction of sp³-hybridized carbons (Fsp3) is 0.923. The molecule has 0 aliphatic rings. The second kappa shape index (κ2) is 8.10. The Labute approximate surface area is 109 Å².